The number of benzene rings is 2. The normalized spacial score (nSPS) is 14.5. The van der Waals surface area contributed by atoms with Gasteiger partial charge in [0, 0.05) is 37.6 Å². The maximum absolute atomic E-state index is 12.4. The van der Waals surface area contributed by atoms with Gasteiger partial charge in [-0.15, -0.1) is 0 Å². The van der Waals surface area contributed by atoms with E-state index in [0.29, 0.717) is 38.4 Å². The number of anilines is 2. The van der Waals surface area contributed by atoms with Gasteiger partial charge in [0.1, 0.15) is 0 Å². The molecule has 3 rings (SSSR count). The molecule has 0 unspecified atom stereocenters. The first-order valence-electron chi connectivity index (χ1n) is 11.3. The lowest BCUT2D eigenvalue weighted by Gasteiger charge is -2.33. The molecule has 0 atom stereocenters. The SMILES string of the molecule is CCc1ccccc1NC(=O)CN1CCN(CC(=O)NC(=O)Nc2ccc(C)cc2C)CC1. The zero-order valence-corrected chi connectivity index (χ0v) is 19.6. The summed E-state index contributed by atoms with van der Waals surface area (Å²) in [4.78, 5) is 40.9. The largest absolute Gasteiger partial charge is 0.325 e. The summed E-state index contributed by atoms with van der Waals surface area (Å²) in [6.07, 6.45) is 0.861. The van der Waals surface area contributed by atoms with Crippen LogP contribution in [-0.4, -0.2) is 66.9 Å². The number of rotatable bonds is 7. The highest BCUT2D eigenvalue weighted by Crippen LogP contribution is 2.16. The zero-order valence-electron chi connectivity index (χ0n) is 19.6. The van der Waals surface area contributed by atoms with Gasteiger partial charge in [0.15, 0.2) is 0 Å². The summed E-state index contributed by atoms with van der Waals surface area (Å²) in [5.41, 5.74) is 4.70. The molecular weight excluding hydrogens is 418 g/mol. The number of piperazine rings is 1. The van der Waals surface area contributed by atoms with E-state index in [4.69, 9.17) is 0 Å². The first kappa shape index (κ1) is 24.4. The van der Waals surface area contributed by atoms with E-state index >= 15 is 0 Å². The Kier molecular flexibility index (Phi) is 8.57. The molecule has 1 aliphatic heterocycles. The van der Waals surface area contributed by atoms with E-state index in [1.807, 2.05) is 61.2 Å². The molecule has 1 fully saturated rings. The van der Waals surface area contributed by atoms with Crippen LogP contribution in [0.1, 0.15) is 23.6 Å². The van der Waals surface area contributed by atoms with Crippen molar-refractivity contribution in [2.75, 3.05) is 49.9 Å². The summed E-state index contributed by atoms with van der Waals surface area (Å²) in [6, 6.07) is 13.0. The number of hydrogen-bond donors (Lipinski definition) is 3. The monoisotopic (exact) mass is 451 g/mol. The molecule has 0 bridgehead atoms. The number of amides is 4. The fourth-order valence-corrected chi connectivity index (χ4v) is 3.93. The number of aryl methyl sites for hydroxylation is 3. The molecule has 2 aromatic rings. The van der Waals surface area contributed by atoms with Crippen LogP contribution in [0.4, 0.5) is 16.2 Å². The summed E-state index contributed by atoms with van der Waals surface area (Å²) in [5, 5.41) is 8.11. The molecule has 2 aromatic carbocycles. The van der Waals surface area contributed by atoms with Crippen molar-refractivity contribution in [1.29, 1.82) is 0 Å². The van der Waals surface area contributed by atoms with E-state index in [1.165, 1.54) is 0 Å². The highest BCUT2D eigenvalue weighted by Gasteiger charge is 2.21. The first-order chi connectivity index (χ1) is 15.8. The molecule has 0 radical (unpaired) electrons. The van der Waals surface area contributed by atoms with Crippen molar-refractivity contribution in [3.8, 4) is 0 Å². The number of nitrogens with one attached hydrogen (secondary N) is 3. The summed E-state index contributed by atoms with van der Waals surface area (Å²) < 4.78 is 0. The van der Waals surface area contributed by atoms with Crippen LogP contribution >= 0.6 is 0 Å². The maximum atomic E-state index is 12.4. The third kappa shape index (κ3) is 7.40. The van der Waals surface area contributed by atoms with Crippen LogP contribution in [-0.2, 0) is 16.0 Å². The Balaban J connectivity index is 1.38. The molecule has 4 amide bonds. The number of nitrogens with zero attached hydrogens (tertiary/aromatic N) is 2. The van der Waals surface area contributed by atoms with E-state index < -0.39 is 6.03 Å². The predicted molar refractivity (Wildman–Crippen MR) is 130 cm³/mol. The molecule has 176 valence electrons. The highest BCUT2D eigenvalue weighted by molar-refractivity contribution is 6.02. The summed E-state index contributed by atoms with van der Waals surface area (Å²) in [6.45, 7) is 9.10. The number of hydrogen-bond acceptors (Lipinski definition) is 5. The Morgan fingerprint density at radius 3 is 2.09 bits per heavy atom. The number of imide groups is 1. The average Bonchev–Trinajstić information content (AvgIpc) is 2.77. The van der Waals surface area contributed by atoms with Gasteiger partial charge in [-0.25, -0.2) is 4.79 Å². The van der Waals surface area contributed by atoms with E-state index in [-0.39, 0.29) is 18.4 Å². The summed E-state index contributed by atoms with van der Waals surface area (Å²) in [5.74, 6) is -0.384. The van der Waals surface area contributed by atoms with Gasteiger partial charge >= 0.3 is 6.03 Å². The molecule has 33 heavy (non-hydrogen) atoms. The third-order valence-electron chi connectivity index (χ3n) is 5.75. The van der Waals surface area contributed by atoms with Crippen LogP contribution in [0.2, 0.25) is 0 Å². The lowest BCUT2D eigenvalue weighted by molar-refractivity contribution is -0.122. The summed E-state index contributed by atoms with van der Waals surface area (Å²) in [7, 11) is 0. The molecule has 0 aliphatic carbocycles. The van der Waals surface area contributed by atoms with Crippen molar-refractivity contribution >= 4 is 29.2 Å². The molecule has 0 saturated carbocycles. The van der Waals surface area contributed by atoms with Crippen LogP contribution < -0.4 is 16.0 Å². The van der Waals surface area contributed by atoms with Crippen LogP contribution in [0, 0.1) is 13.8 Å². The molecule has 8 heteroatoms. The maximum Gasteiger partial charge on any atom is 0.325 e. The van der Waals surface area contributed by atoms with Gasteiger partial charge in [0.25, 0.3) is 0 Å². The number of para-hydroxylation sites is 1. The van der Waals surface area contributed by atoms with E-state index in [0.717, 1.165) is 28.8 Å². The molecule has 1 saturated heterocycles. The van der Waals surface area contributed by atoms with Crippen LogP contribution in [0.25, 0.3) is 0 Å². The quantitative estimate of drug-likeness (QED) is 0.602. The van der Waals surface area contributed by atoms with Crippen molar-refractivity contribution < 1.29 is 14.4 Å². The van der Waals surface area contributed by atoms with Crippen LogP contribution in [0.3, 0.4) is 0 Å². The second-order valence-electron chi connectivity index (χ2n) is 8.43. The van der Waals surface area contributed by atoms with E-state index in [9.17, 15) is 14.4 Å². The zero-order chi connectivity index (χ0) is 23.8. The minimum atomic E-state index is -0.533. The average molecular weight is 452 g/mol. The smallest absolute Gasteiger partial charge is 0.325 e. The lowest BCUT2D eigenvalue weighted by atomic mass is 10.1. The van der Waals surface area contributed by atoms with E-state index in [1.54, 1.807) is 0 Å². The fourth-order valence-electron chi connectivity index (χ4n) is 3.93. The van der Waals surface area contributed by atoms with Crippen molar-refractivity contribution in [2.45, 2.75) is 27.2 Å². The second kappa shape index (κ2) is 11.6. The van der Waals surface area contributed by atoms with Crippen molar-refractivity contribution in [3.05, 3.63) is 59.2 Å². The van der Waals surface area contributed by atoms with Crippen molar-refractivity contribution in [1.82, 2.24) is 15.1 Å². The van der Waals surface area contributed by atoms with Gasteiger partial charge < -0.3 is 10.6 Å². The van der Waals surface area contributed by atoms with Gasteiger partial charge in [-0.1, -0.05) is 42.8 Å². The Morgan fingerprint density at radius 2 is 1.45 bits per heavy atom. The molecule has 8 nitrogen and oxygen atoms in total. The standard InChI is InChI=1S/C25H33N5O3/c1-4-20-7-5-6-8-22(20)26-23(31)16-29-11-13-30(14-12-29)17-24(32)28-25(33)27-21-10-9-18(2)15-19(21)3/h5-10,15H,4,11-14,16-17H2,1-3H3,(H,26,31)(H2,27,28,32,33). The number of urea groups is 1. The lowest BCUT2D eigenvalue weighted by Crippen LogP contribution is -2.51. The van der Waals surface area contributed by atoms with E-state index in [2.05, 4.69) is 27.8 Å². The highest BCUT2D eigenvalue weighted by atomic mass is 16.2. The van der Waals surface area contributed by atoms with Crippen molar-refractivity contribution in [2.24, 2.45) is 0 Å². The Morgan fingerprint density at radius 1 is 0.818 bits per heavy atom. The van der Waals surface area contributed by atoms with Gasteiger partial charge in [-0.2, -0.15) is 0 Å². The van der Waals surface area contributed by atoms with Crippen LogP contribution in [0.5, 0.6) is 0 Å². The first-order valence-corrected chi connectivity index (χ1v) is 11.3. The second-order valence-corrected chi connectivity index (χ2v) is 8.43. The molecule has 3 N–H and O–H groups in total. The molecule has 0 aromatic heterocycles. The third-order valence-corrected chi connectivity index (χ3v) is 5.75. The topological polar surface area (TPSA) is 93.8 Å². The summed E-state index contributed by atoms with van der Waals surface area (Å²) >= 11 is 0. The van der Waals surface area contributed by atoms with Gasteiger partial charge in [-0.3, -0.25) is 24.7 Å². The Hall–Kier alpha value is -3.23. The molecule has 0 spiro atoms. The fraction of sp³-hybridized carbons (Fsp3) is 0.400. The Bertz CT molecular complexity index is 999. The molecule has 1 aliphatic rings. The number of carbonyl (C=O) groups is 3. The Labute approximate surface area is 195 Å². The predicted octanol–water partition coefficient (Wildman–Crippen LogP) is 2.77. The minimum absolute atomic E-state index is 0.0369. The minimum Gasteiger partial charge on any atom is -0.325 e. The van der Waals surface area contributed by atoms with Gasteiger partial charge in [-0.05, 0) is 43.5 Å². The van der Waals surface area contributed by atoms with Crippen molar-refractivity contribution in [3.63, 3.8) is 0 Å². The van der Waals surface area contributed by atoms with Gasteiger partial charge in [0.05, 0.1) is 13.1 Å². The van der Waals surface area contributed by atoms with Gasteiger partial charge in [0.2, 0.25) is 11.8 Å². The molecule has 1 heterocycles. The number of carbonyl (C=O) groups excluding carboxylic acids is 3. The molecular formula is C25H33N5O3. The van der Waals surface area contributed by atoms with Crippen LogP contribution in [0.15, 0.2) is 42.5 Å².